The first-order valence-corrected chi connectivity index (χ1v) is 40.5. The molecule has 0 aliphatic heterocycles. The first-order chi connectivity index (χ1) is 43.9. The number of esters is 4. The Morgan fingerprint density at radius 3 is 0.747 bits per heavy atom. The van der Waals surface area contributed by atoms with Crippen LogP contribution in [0.5, 0.6) is 0 Å². The maximum absolute atomic E-state index is 13.0. The highest BCUT2D eigenvalue weighted by Crippen LogP contribution is 2.45. The molecule has 0 saturated carbocycles. The van der Waals surface area contributed by atoms with Crippen LogP contribution in [0, 0.1) is 11.8 Å². The van der Waals surface area contributed by atoms with Crippen molar-refractivity contribution in [2.45, 2.75) is 387 Å². The SMILES string of the molecule is CCCCCCCCCCCCCCCCCCC(=O)O[C@H](COC(=O)CCCCCCCCCCCCC(C)C)COP(=O)(O)OC[C@@H](O)COP(=O)(O)OC[C@@H](COC(=O)CCCCCCCCCCC)OC(=O)CCCCCCCCCCCCC(C)C. The van der Waals surface area contributed by atoms with Crippen LogP contribution in [0.25, 0.3) is 0 Å². The van der Waals surface area contributed by atoms with Gasteiger partial charge in [-0.3, -0.25) is 37.3 Å². The van der Waals surface area contributed by atoms with Crippen molar-refractivity contribution in [1.29, 1.82) is 0 Å². The summed E-state index contributed by atoms with van der Waals surface area (Å²) in [5.41, 5.74) is 0. The van der Waals surface area contributed by atoms with Crippen molar-refractivity contribution in [3.8, 4) is 0 Å². The normalized spacial score (nSPS) is 14.1. The molecular weight excluding hydrogens is 1200 g/mol. The average molecular weight is 1340 g/mol. The Morgan fingerprint density at radius 1 is 0.297 bits per heavy atom. The minimum absolute atomic E-state index is 0.106. The molecule has 0 amide bonds. The van der Waals surface area contributed by atoms with Crippen LogP contribution in [0.15, 0.2) is 0 Å². The Balaban J connectivity index is 5.24. The van der Waals surface area contributed by atoms with E-state index in [-0.39, 0.29) is 25.7 Å². The summed E-state index contributed by atoms with van der Waals surface area (Å²) < 4.78 is 68.3. The van der Waals surface area contributed by atoms with Crippen molar-refractivity contribution in [2.24, 2.45) is 11.8 Å². The molecule has 0 heterocycles. The Morgan fingerprint density at radius 2 is 0.505 bits per heavy atom. The minimum Gasteiger partial charge on any atom is -0.462 e. The monoisotopic (exact) mass is 1340 g/mol. The van der Waals surface area contributed by atoms with E-state index < -0.39 is 97.5 Å². The molecule has 0 rings (SSSR count). The second kappa shape index (κ2) is 64.1. The number of rotatable bonds is 71. The lowest BCUT2D eigenvalue weighted by Gasteiger charge is -2.21. The Hall–Kier alpha value is -1.94. The van der Waals surface area contributed by atoms with Gasteiger partial charge in [0.15, 0.2) is 12.2 Å². The lowest BCUT2D eigenvalue weighted by molar-refractivity contribution is -0.161. The van der Waals surface area contributed by atoms with E-state index in [1.54, 1.807) is 0 Å². The van der Waals surface area contributed by atoms with Gasteiger partial charge in [-0.25, -0.2) is 9.13 Å². The number of hydrogen-bond acceptors (Lipinski definition) is 15. The smallest absolute Gasteiger partial charge is 0.462 e. The van der Waals surface area contributed by atoms with Crippen LogP contribution in [0.4, 0.5) is 0 Å². The zero-order valence-electron chi connectivity index (χ0n) is 59.1. The summed E-state index contributed by atoms with van der Waals surface area (Å²) in [6.45, 7) is 9.54. The van der Waals surface area contributed by atoms with E-state index in [1.165, 1.54) is 186 Å². The second-order valence-electron chi connectivity index (χ2n) is 26.9. The fraction of sp³-hybridized carbons (Fsp3) is 0.944. The van der Waals surface area contributed by atoms with E-state index in [2.05, 4.69) is 41.5 Å². The van der Waals surface area contributed by atoms with Gasteiger partial charge in [0.1, 0.15) is 19.3 Å². The number of carbonyl (C=O) groups excluding carboxylic acids is 4. The van der Waals surface area contributed by atoms with Crippen LogP contribution < -0.4 is 0 Å². The number of aliphatic hydroxyl groups excluding tert-OH is 1. The molecule has 5 atom stereocenters. The summed E-state index contributed by atoms with van der Waals surface area (Å²) in [7, 11) is -9.90. The molecule has 0 aromatic heterocycles. The third-order valence-electron chi connectivity index (χ3n) is 16.7. The standard InChI is InChI=1S/C72H140O17P2/c1-7-9-11-13-15-17-18-19-20-21-22-23-32-38-44-50-56-71(76)88-68(61-83-70(75)55-49-43-37-31-26-24-29-34-40-46-52-64(3)4)63-87-91(80,81)85-59-66(73)58-84-90(78,79)86-62-67(60-82-69(74)54-48-42-36-28-16-14-12-10-8-2)89-72(77)57-51-45-39-33-27-25-30-35-41-47-53-65(5)6/h64-68,73H,7-63H2,1-6H3,(H,78,79)(H,80,81)/t66-,67+,68+/m0/s1. The molecule has 19 heteroatoms. The summed E-state index contributed by atoms with van der Waals surface area (Å²) in [6, 6.07) is 0. The molecule has 91 heavy (non-hydrogen) atoms. The number of aliphatic hydroxyl groups is 1. The topological polar surface area (TPSA) is 237 Å². The fourth-order valence-electron chi connectivity index (χ4n) is 10.9. The maximum Gasteiger partial charge on any atom is 0.472 e. The number of ether oxygens (including phenoxy) is 4. The summed E-state index contributed by atoms with van der Waals surface area (Å²) in [4.78, 5) is 72.6. The molecule has 3 N–H and O–H groups in total. The summed E-state index contributed by atoms with van der Waals surface area (Å²) in [6.07, 6.45) is 49.9. The number of phosphoric ester groups is 2. The van der Waals surface area contributed by atoms with Crippen LogP contribution in [0.1, 0.15) is 369 Å². The number of phosphoric acid groups is 2. The second-order valence-corrected chi connectivity index (χ2v) is 29.8. The summed E-state index contributed by atoms with van der Waals surface area (Å²) in [5.74, 6) is -0.610. The van der Waals surface area contributed by atoms with E-state index in [1.807, 2.05) is 0 Å². The fourth-order valence-corrected chi connectivity index (χ4v) is 12.5. The molecule has 0 aromatic rings. The zero-order valence-corrected chi connectivity index (χ0v) is 60.9. The van der Waals surface area contributed by atoms with Crippen LogP contribution in [0.2, 0.25) is 0 Å². The van der Waals surface area contributed by atoms with Crippen LogP contribution in [0.3, 0.4) is 0 Å². The van der Waals surface area contributed by atoms with Gasteiger partial charge in [0.2, 0.25) is 0 Å². The van der Waals surface area contributed by atoms with Gasteiger partial charge in [-0.15, -0.1) is 0 Å². The van der Waals surface area contributed by atoms with E-state index in [0.717, 1.165) is 102 Å². The summed E-state index contributed by atoms with van der Waals surface area (Å²) in [5, 5.41) is 10.6. The zero-order chi connectivity index (χ0) is 67.2. The highest BCUT2D eigenvalue weighted by atomic mass is 31.2. The molecule has 0 bridgehead atoms. The highest BCUT2D eigenvalue weighted by Gasteiger charge is 2.30. The predicted octanol–water partition coefficient (Wildman–Crippen LogP) is 20.8. The van der Waals surface area contributed by atoms with E-state index in [9.17, 15) is 43.2 Å². The molecule has 0 aliphatic rings. The van der Waals surface area contributed by atoms with Gasteiger partial charge in [-0.2, -0.15) is 0 Å². The molecule has 2 unspecified atom stereocenters. The molecule has 0 aliphatic carbocycles. The van der Waals surface area contributed by atoms with Crippen LogP contribution in [-0.2, 0) is 65.4 Å². The van der Waals surface area contributed by atoms with Gasteiger partial charge >= 0.3 is 39.5 Å². The van der Waals surface area contributed by atoms with Gasteiger partial charge < -0.3 is 33.8 Å². The highest BCUT2D eigenvalue weighted by molar-refractivity contribution is 7.47. The Bertz CT molecular complexity index is 1770. The molecule has 0 spiro atoms. The third-order valence-corrected chi connectivity index (χ3v) is 18.6. The minimum atomic E-state index is -4.95. The third kappa shape index (κ3) is 66.5. The quantitative estimate of drug-likeness (QED) is 0.0222. The summed E-state index contributed by atoms with van der Waals surface area (Å²) >= 11 is 0. The first kappa shape index (κ1) is 89.1. The van der Waals surface area contributed by atoms with Gasteiger partial charge in [0.25, 0.3) is 0 Å². The van der Waals surface area contributed by atoms with Gasteiger partial charge in [0.05, 0.1) is 26.4 Å². The van der Waals surface area contributed by atoms with Gasteiger partial charge in [0, 0.05) is 25.7 Å². The van der Waals surface area contributed by atoms with E-state index in [4.69, 9.17) is 37.0 Å². The van der Waals surface area contributed by atoms with Crippen molar-refractivity contribution in [3.05, 3.63) is 0 Å². The van der Waals surface area contributed by atoms with Crippen molar-refractivity contribution in [3.63, 3.8) is 0 Å². The molecule has 17 nitrogen and oxygen atoms in total. The largest absolute Gasteiger partial charge is 0.472 e. The Labute approximate surface area is 556 Å². The van der Waals surface area contributed by atoms with E-state index in [0.29, 0.717) is 25.7 Å². The average Bonchev–Trinajstić information content (AvgIpc) is 3.66. The molecule has 0 saturated heterocycles. The van der Waals surface area contributed by atoms with Crippen molar-refractivity contribution < 1.29 is 80.2 Å². The number of carbonyl (C=O) groups is 4. The lowest BCUT2D eigenvalue weighted by Crippen LogP contribution is -2.30. The van der Waals surface area contributed by atoms with Crippen LogP contribution >= 0.6 is 15.6 Å². The molecule has 0 fully saturated rings. The van der Waals surface area contributed by atoms with Gasteiger partial charge in [-0.1, -0.05) is 318 Å². The van der Waals surface area contributed by atoms with Crippen molar-refractivity contribution >= 4 is 39.5 Å². The first-order valence-electron chi connectivity index (χ1n) is 37.5. The number of unbranched alkanes of at least 4 members (excludes halogenated alkanes) is 41. The van der Waals surface area contributed by atoms with Crippen molar-refractivity contribution in [1.82, 2.24) is 0 Å². The van der Waals surface area contributed by atoms with E-state index >= 15 is 0 Å². The number of hydrogen-bond donors (Lipinski definition) is 3. The van der Waals surface area contributed by atoms with Gasteiger partial charge in [-0.05, 0) is 37.5 Å². The molecule has 0 radical (unpaired) electrons. The Kier molecular flexibility index (Phi) is 62.7. The molecule has 0 aromatic carbocycles. The molecule has 540 valence electrons. The van der Waals surface area contributed by atoms with Crippen LogP contribution in [-0.4, -0.2) is 96.7 Å². The predicted molar refractivity (Wildman–Crippen MR) is 368 cm³/mol. The van der Waals surface area contributed by atoms with Crippen molar-refractivity contribution in [2.75, 3.05) is 39.6 Å². The molecular formula is C72H140O17P2. The maximum atomic E-state index is 13.0. The lowest BCUT2D eigenvalue weighted by atomic mass is 10.0.